The standard InChI is InChI=1S/C21H17ClF2N4O2/c22-16-10-15(24)6-7-17(16)25-20(29)18-11-19-21(30)27(8-1-9-28(19)26-18)12-13-2-4-14(23)5-3-13/h2-7,10-11H,1,8-9,12H2,(H,25,29). The van der Waals surface area contributed by atoms with E-state index in [0.717, 1.165) is 11.6 Å². The molecule has 2 aromatic carbocycles. The molecule has 6 nitrogen and oxygen atoms in total. The van der Waals surface area contributed by atoms with Gasteiger partial charge in [-0.3, -0.25) is 14.3 Å². The van der Waals surface area contributed by atoms with Gasteiger partial charge in [0.25, 0.3) is 11.8 Å². The van der Waals surface area contributed by atoms with Crippen molar-refractivity contribution in [3.05, 3.63) is 82.1 Å². The van der Waals surface area contributed by atoms with E-state index in [1.807, 2.05) is 0 Å². The van der Waals surface area contributed by atoms with Crippen molar-refractivity contribution in [1.82, 2.24) is 14.7 Å². The predicted octanol–water partition coefficient (Wildman–Crippen LogP) is 4.11. The first kappa shape index (κ1) is 20.0. The zero-order valence-electron chi connectivity index (χ0n) is 15.7. The minimum absolute atomic E-state index is 0.0578. The lowest BCUT2D eigenvalue weighted by molar-refractivity contribution is 0.0745. The summed E-state index contributed by atoms with van der Waals surface area (Å²) in [6, 6.07) is 11.0. The molecule has 0 saturated heterocycles. The lowest BCUT2D eigenvalue weighted by atomic mass is 10.2. The van der Waals surface area contributed by atoms with Crippen LogP contribution in [-0.4, -0.2) is 33.0 Å². The summed E-state index contributed by atoms with van der Waals surface area (Å²) in [6.45, 7) is 1.33. The van der Waals surface area contributed by atoms with Crippen molar-refractivity contribution in [3.63, 3.8) is 0 Å². The van der Waals surface area contributed by atoms with Gasteiger partial charge in [0.1, 0.15) is 17.3 Å². The second-order valence-corrected chi connectivity index (χ2v) is 7.33. The Morgan fingerprint density at radius 2 is 1.80 bits per heavy atom. The molecule has 1 aliphatic rings. The Bertz CT molecular complexity index is 1110. The van der Waals surface area contributed by atoms with Gasteiger partial charge in [-0.05, 0) is 42.3 Å². The van der Waals surface area contributed by atoms with Crippen molar-refractivity contribution in [2.24, 2.45) is 0 Å². The molecule has 0 spiro atoms. The van der Waals surface area contributed by atoms with Gasteiger partial charge < -0.3 is 10.2 Å². The number of carbonyl (C=O) groups is 2. The van der Waals surface area contributed by atoms with Crippen molar-refractivity contribution in [2.75, 3.05) is 11.9 Å². The van der Waals surface area contributed by atoms with Crippen LogP contribution >= 0.6 is 11.6 Å². The maximum absolute atomic E-state index is 13.2. The molecular formula is C21H17ClF2N4O2. The topological polar surface area (TPSA) is 67.2 Å². The van der Waals surface area contributed by atoms with Crippen LogP contribution < -0.4 is 5.32 Å². The quantitative estimate of drug-likeness (QED) is 0.677. The number of hydrogen-bond donors (Lipinski definition) is 1. The third-order valence-corrected chi connectivity index (χ3v) is 5.10. The summed E-state index contributed by atoms with van der Waals surface area (Å²) in [5.41, 5.74) is 1.41. The number of nitrogens with one attached hydrogen (secondary N) is 1. The number of carbonyl (C=O) groups excluding carboxylic acids is 2. The van der Waals surface area contributed by atoms with Crippen molar-refractivity contribution in [3.8, 4) is 0 Å². The minimum Gasteiger partial charge on any atom is -0.333 e. The SMILES string of the molecule is O=C(Nc1ccc(F)cc1Cl)c1cc2n(n1)CCCN(Cc1ccc(F)cc1)C2=O. The molecule has 4 rings (SSSR count). The number of nitrogens with zero attached hydrogens (tertiary/aromatic N) is 3. The van der Waals surface area contributed by atoms with E-state index in [2.05, 4.69) is 10.4 Å². The highest BCUT2D eigenvalue weighted by Gasteiger charge is 2.26. The summed E-state index contributed by atoms with van der Waals surface area (Å²) >= 11 is 5.95. The van der Waals surface area contributed by atoms with Crippen molar-refractivity contribution in [1.29, 1.82) is 0 Å². The van der Waals surface area contributed by atoms with Crippen LogP contribution in [0.15, 0.2) is 48.5 Å². The Balaban J connectivity index is 1.53. The Morgan fingerprint density at radius 3 is 2.53 bits per heavy atom. The van der Waals surface area contributed by atoms with Crippen molar-refractivity contribution < 1.29 is 18.4 Å². The minimum atomic E-state index is -0.554. The van der Waals surface area contributed by atoms with Crippen LogP contribution in [0.3, 0.4) is 0 Å². The van der Waals surface area contributed by atoms with E-state index in [-0.39, 0.29) is 28.1 Å². The molecule has 154 valence electrons. The molecule has 1 N–H and O–H groups in total. The average molecular weight is 431 g/mol. The fourth-order valence-electron chi connectivity index (χ4n) is 3.28. The zero-order chi connectivity index (χ0) is 21.3. The van der Waals surface area contributed by atoms with Crippen molar-refractivity contribution >= 4 is 29.1 Å². The fourth-order valence-corrected chi connectivity index (χ4v) is 3.50. The van der Waals surface area contributed by atoms with E-state index in [4.69, 9.17) is 11.6 Å². The molecule has 0 atom stereocenters. The Morgan fingerprint density at radius 1 is 1.07 bits per heavy atom. The Labute approximate surface area is 176 Å². The predicted molar refractivity (Wildman–Crippen MR) is 107 cm³/mol. The molecule has 2 heterocycles. The van der Waals surface area contributed by atoms with E-state index >= 15 is 0 Å². The molecule has 9 heteroatoms. The molecule has 0 radical (unpaired) electrons. The van der Waals surface area contributed by atoms with Gasteiger partial charge >= 0.3 is 0 Å². The van der Waals surface area contributed by atoms with Crippen LogP contribution in [0.2, 0.25) is 5.02 Å². The number of hydrogen-bond acceptors (Lipinski definition) is 3. The number of halogens is 3. The Hall–Kier alpha value is -3.26. The first-order valence-electron chi connectivity index (χ1n) is 9.29. The first-order chi connectivity index (χ1) is 14.4. The molecule has 0 fully saturated rings. The fraction of sp³-hybridized carbons (Fsp3) is 0.190. The average Bonchev–Trinajstić information content (AvgIpc) is 3.09. The molecule has 0 saturated carbocycles. The van der Waals surface area contributed by atoms with Crippen LogP contribution in [0.4, 0.5) is 14.5 Å². The molecule has 1 aromatic heterocycles. The number of aryl methyl sites for hydroxylation is 1. The normalized spacial score (nSPS) is 13.7. The number of anilines is 1. The molecule has 3 aromatic rings. The highest BCUT2D eigenvalue weighted by molar-refractivity contribution is 6.33. The number of amides is 2. The van der Waals surface area contributed by atoms with Crippen LogP contribution in [0, 0.1) is 11.6 Å². The highest BCUT2D eigenvalue weighted by atomic mass is 35.5. The van der Waals surface area contributed by atoms with Crippen molar-refractivity contribution in [2.45, 2.75) is 19.5 Å². The van der Waals surface area contributed by atoms with Gasteiger partial charge in [-0.1, -0.05) is 23.7 Å². The van der Waals surface area contributed by atoms with E-state index in [1.54, 1.807) is 17.0 Å². The smallest absolute Gasteiger partial charge is 0.276 e. The lowest BCUT2D eigenvalue weighted by Crippen LogP contribution is -2.30. The van der Waals surface area contributed by atoms with Crippen LogP contribution in [-0.2, 0) is 13.1 Å². The highest BCUT2D eigenvalue weighted by Crippen LogP contribution is 2.23. The van der Waals surface area contributed by atoms with Crippen LogP contribution in [0.5, 0.6) is 0 Å². The molecule has 1 aliphatic heterocycles. The third-order valence-electron chi connectivity index (χ3n) is 4.78. The Kier molecular flexibility index (Phi) is 5.50. The largest absolute Gasteiger partial charge is 0.333 e. The van der Waals surface area contributed by atoms with Crippen LogP contribution in [0.25, 0.3) is 0 Å². The molecule has 30 heavy (non-hydrogen) atoms. The summed E-state index contributed by atoms with van der Waals surface area (Å²) in [5, 5.41) is 6.88. The van der Waals surface area contributed by atoms with E-state index < -0.39 is 11.7 Å². The second kappa shape index (κ2) is 8.23. The number of rotatable bonds is 4. The first-order valence-corrected chi connectivity index (χ1v) is 9.66. The molecule has 0 aliphatic carbocycles. The molecular weight excluding hydrogens is 414 g/mol. The second-order valence-electron chi connectivity index (χ2n) is 6.92. The maximum Gasteiger partial charge on any atom is 0.276 e. The maximum atomic E-state index is 13.2. The van der Waals surface area contributed by atoms with Gasteiger partial charge in [0, 0.05) is 25.7 Å². The lowest BCUT2D eigenvalue weighted by Gasteiger charge is -2.20. The van der Waals surface area contributed by atoms with Gasteiger partial charge in [0.2, 0.25) is 0 Å². The van der Waals surface area contributed by atoms with Gasteiger partial charge in [0.05, 0.1) is 10.7 Å². The zero-order valence-corrected chi connectivity index (χ0v) is 16.5. The molecule has 0 bridgehead atoms. The summed E-state index contributed by atoms with van der Waals surface area (Å²) in [7, 11) is 0. The van der Waals surface area contributed by atoms with Crippen LogP contribution in [0.1, 0.15) is 33.0 Å². The third kappa shape index (κ3) is 4.18. The van der Waals surface area contributed by atoms with E-state index in [0.29, 0.717) is 31.7 Å². The number of fused-ring (bicyclic) bond motifs is 1. The van der Waals surface area contributed by atoms with Gasteiger partial charge in [0.15, 0.2) is 5.69 Å². The molecule has 2 amide bonds. The summed E-state index contributed by atoms with van der Waals surface area (Å²) < 4.78 is 27.8. The van der Waals surface area contributed by atoms with Gasteiger partial charge in [-0.15, -0.1) is 0 Å². The summed E-state index contributed by atoms with van der Waals surface area (Å²) in [6.07, 6.45) is 0.659. The number of benzene rings is 2. The molecule has 0 unspecified atom stereocenters. The van der Waals surface area contributed by atoms with E-state index in [1.165, 1.54) is 35.0 Å². The van der Waals surface area contributed by atoms with Gasteiger partial charge in [-0.2, -0.15) is 5.10 Å². The summed E-state index contributed by atoms with van der Waals surface area (Å²) in [5.74, 6) is -1.67. The van der Waals surface area contributed by atoms with Gasteiger partial charge in [-0.25, -0.2) is 8.78 Å². The summed E-state index contributed by atoms with van der Waals surface area (Å²) in [4.78, 5) is 27.2. The number of aromatic nitrogens is 2. The monoisotopic (exact) mass is 430 g/mol. The van der Waals surface area contributed by atoms with E-state index in [9.17, 15) is 18.4 Å².